The van der Waals surface area contributed by atoms with Crippen molar-refractivity contribution in [1.29, 1.82) is 0 Å². The van der Waals surface area contributed by atoms with Gasteiger partial charge >= 0.3 is 12.4 Å². The minimum atomic E-state index is -4.90. The van der Waals surface area contributed by atoms with E-state index in [0.29, 0.717) is 18.3 Å². The molecule has 1 aliphatic rings. The van der Waals surface area contributed by atoms with Crippen molar-refractivity contribution in [1.82, 2.24) is 10.0 Å². The highest BCUT2D eigenvalue weighted by Gasteiger charge is 2.34. The smallest absolute Gasteiger partial charge is 0.405 e. The van der Waals surface area contributed by atoms with Gasteiger partial charge < -0.3 is 15.1 Å². The van der Waals surface area contributed by atoms with Crippen LogP contribution in [-0.2, 0) is 0 Å². The number of benzene rings is 2. The lowest BCUT2D eigenvalue weighted by atomic mass is 10.1. The highest BCUT2D eigenvalue weighted by atomic mass is 19.4. The summed E-state index contributed by atoms with van der Waals surface area (Å²) in [4.78, 5) is 13.6. The molecule has 0 atom stereocenters. The van der Waals surface area contributed by atoms with Gasteiger partial charge in [-0.2, -0.15) is 0 Å². The molecular weight excluding hydrogens is 423 g/mol. The second kappa shape index (κ2) is 8.42. The van der Waals surface area contributed by atoms with Crippen LogP contribution in [0.25, 0.3) is 5.70 Å². The Hall–Kier alpha value is -3.34. The molecule has 0 radical (unpaired) electrons. The fourth-order valence-electron chi connectivity index (χ4n) is 2.99. The summed E-state index contributed by atoms with van der Waals surface area (Å²) in [5, 5.41) is 5.71. The second-order valence-electron chi connectivity index (χ2n) is 6.79. The van der Waals surface area contributed by atoms with E-state index in [-0.39, 0.29) is 16.9 Å². The van der Waals surface area contributed by atoms with E-state index in [4.69, 9.17) is 0 Å². The van der Waals surface area contributed by atoms with E-state index in [1.54, 1.807) is 30.2 Å². The zero-order chi connectivity index (χ0) is 22.9. The van der Waals surface area contributed by atoms with Crippen LogP contribution in [0.2, 0.25) is 0 Å². The molecule has 0 aromatic heterocycles. The zero-order valence-electron chi connectivity index (χ0n) is 16.8. The highest BCUT2D eigenvalue weighted by molar-refractivity contribution is 6.01. The van der Waals surface area contributed by atoms with E-state index < -0.39 is 29.8 Å². The Labute approximate surface area is 175 Å². The van der Waals surface area contributed by atoms with Crippen LogP contribution in [0.1, 0.15) is 5.56 Å². The SMILES string of the molecule is CN(C(=O)Nc1ccc(F)cc1F)c1ccc(OC(F)(F)F)c(C2=CCN(C)N2C)c1. The Balaban J connectivity index is 1.91. The number of carbonyl (C=O) groups excluding carboxylic acids is 1. The van der Waals surface area contributed by atoms with Gasteiger partial charge in [0.1, 0.15) is 17.4 Å². The van der Waals surface area contributed by atoms with E-state index in [0.717, 1.165) is 23.1 Å². The summed E-state index contributed by atoms with van der Waals surface area (Å²) in [5.74, 6) is -2.19. The largest absolute Gasteiger partial charge is 0.573 e. The first-order valence-electron chi connectivity index (χ1n) is 9.01. The van der Waals surface area contributed by atoms with E-state index in [2.05, 4.69) is 10.1 Å². The second-order valence-corrected chi connectivity index (χ2v) is 6.79. The Morgan fingerprint density at radius 2 is 1.84 bits per heavy atom. The van der Waals surface area contributed by atoms with Crippen molar-refractivity contribution in [2.75, 3.05) is 37.9 Å². The molecule has 0 aliphatic carbocycles. The number of nitrogens with zero attached hydrogens (tertiary/aromatic N) is 3. The molecule has 6 nitrogen and oxygen atoms in total. The minimum absolute atomic E-state index is 0.120. The Morgan fingerprint density at radius 1 is 1.13 bits per heavy atom. The van der Waals surface area contributed by atoms with Crippen molar-refractivity contribution in [2.45, 2.75) is 6.36 Å². The summed E-state index contributed by atoms with van der Waals surface area (Å²) >= 11 is 0. The van der Waals surface area contributed by atoms with E-state index in [1.807, 2.05) is 0 Å². The van der Waals surface area contributed by atoms with Crippen molar-refractivity contribution in [3.8, 4) is 5.75 Å². The number of anilines is 2. The van der Waals surface area contributed by atoms with Crippen LogP contribution >= 0.6 is 0 Å². The third-order valence-corrected chi connectivity index (χ3v) is 4.74. The molecule has 0 spiro atoms. The van der Waals surface area contributed by atoms with Crippen LogP contribution in [0.4, 0.5) is 38.1 Å². The minimum Gasteiger partial charge on any atom is -0.405 e. The molecule has 0 saturated carbocycles. The lowest BCUT2D eigenvalue weighted by Gasteiger charge is -2.27. The lowest BCUT2D eigenvalue weighted by Crippen LogP contribution is -2.32. The standard InChI is InChI=1S/C20H19F5N4O2/c1-27-9-8-17(29(27)3)14-11-13(5-7-18(14)31-20(23,24)25)28(2)19(30)26-16-6-4-12(21)10-15(16)22/h4-8,10-11H,9H2,1-3H3,(H,26,30). The predicted octanol–water partition coefficient (Wildman–Crippen LogP) is 4.66. The maximum Gasteiger partial charge on any atom is 0.573 e. The van der Waals surface area contributed by atoms with Crippen molar-refractivity contribution in [3.05, 3.63) is 59.7 Å². The number of urea groups is 1. The van der Waals surface area contributed by atoms with Gasteiger partial charge in [-0.05, 0) is 36.4 Å². The first-order chi connectivity index (χ1) is 14.5. The summed E-state index contributed by atoms with van der Waals surface area (Å²) in [6, 6.07) is 5.64. The van der Waals surface area contributed by atoms with Crippen LogP contribution in [0.5, 0.6) is 5.75 Å². The van der Waals surface area contributed by atoms with Gasteiger partial charge in [0.15, 0.2) is 0 Å². The molecule has 2 aromatic carbocycles. The summed E-state index contributed by atoms with van der Waals surface area (Å²) < 4.78 is 69.7. The van der Waals surface area contributed by atoms with Gasteiger partial charge in [0, 0.05) is 45.0 Å². The number of rotatable bonds is 4. The lowest BCUT2D eigenvalue weighted by molar-refractivity contribution is -0.274. The molecular formula is C20H19F5N4O2. The highest BCUT2D eigenvalue weighted by Crippen LogP contribution is 2.37. The molecule has 31 heavy (non-hydrogen) atoms. The van der Waals surface area contributed by atoms with Crippen LogP contribution in [0.3, 0.4) is 0 Å². The molecule has 0 bridgehead atoms. The Bertz CT molecular complexity index is 1030. The fourth-order valence-corrected chi connectivity index (χ4v) is 2.99. The van der Waals surface area contributed by atoms with Gasteiger partial charge in [0.05, 0.1) is 11.4 Å². The van der Waals surface area contributed by atoms with Crippen LogP contribution < -0.4 is 15.0 Å². The van der Waals surface area contributed by atoms with Gasteiger partial charge in [-0.3, -0.25) is 4.90 Å². The van der Waals surface area contributed by atoms with Crippen LogP contribution in [0.15, 0.2) is 42.5 Å². The van der Waals surface area contributed by atoms with E-state index in [1.165, 1.54) is 19.2 Å². The maximum atomic E-state index is 13.8. The summed E-state index contributed by atoms with van der Waals surface area (Å²) in [6.45, 7) is 0.474. The number of hydrogen-bond donors (Lipinski definition) is 1. The van der Waals surface area contributed by atoms with Crippen LogP contribution in [0, 0.1) is 11.6 Å². The molecule has 1 N–H and O–H groups in total. The normalized spacial score (nSPS) is 14.5. The Morgan fingerprint density at radius 3 is 2.42 bits per heavy atom. The van der Waals surface area contributed by atoms with Crippen molar-refractivity contribution in [3.63, 3.8) is 0 Å². The molecule has 11 heteroatoms. The molecule has 1 aliphatic heterocycles. The third kappa shape index (κ3) is 5.05. The number of alkyl halides is 3. The molecule has 166 valence electrons. The monoisotopic (exact) mass is 442 g/mol. The average molecular weight is 442 g/mol. The molecule has 1 heterocycles. The predicted molar refractivity (Wildman–Crippen MR) is 105 cm³/mol. The van der Waals surface area contributed by atoms with Gasteiger partial charge in [0.2, 0.25) is 0 Å². The number of amides is 2. The molecule has 2 aromatic rings. The van der Waals surface area contributed by atoms with E-state index >= 15 is 0 Å². The first-order valence-corrected chi connectivity index (χ1v) is 9.01. The number of ether oxygens (including phenoxy) is 1. The summed E-state index contributed by atoms with van der Waals surface area (Å²) in [6.07, 6.45) is -3.18. The zero-order valence-corrected chi connectivity index (χ0v) is 16.8. The van der Waals surface area contributed by atoms with E-state index in [9.17, 15) is 26.7 Å². The van der Waals surface area contributed by atoms with Crippen molar-refractivity contribution < 1.29 is 31.5 Å². The van der Waals surface area contributed by atoms with Crippen molar-refractivity contribution in [2.24, 2.45) is 0 Å². The molecule has 2 amide bonds. The summed E-state index contributed by atoms with van der Waals surface area (Å²) in [7, 11) is 4.80. The first kappa shape index (κ1) is 22.3. The van der Waals surface area contributed by atoms with Gasteiger partial charge in [-0.15, -0.1) is 13.2 Å². The molecule has 3 rings (SSSR count). The molecule has 0 saturated heterocycles. The van der Waals surface area contributed by atoms with Crippen LogP contribution in [-0.4, -0.2) is 50.1 Å². The van der Waals surface area contributed by atoms with Gasteiger partial charge in [-0.1, -0.05) is 0 Å². The van der Waals surface area contributed by atoms with Gasteiger partial charge in [-0.25, -0.2) is 18.6 Å². The quantitative estimate of drug-likeness (QED) is 0.700. The molecule has 0 fully saturated rings. The third-order valence-electron chi connectivity index (χ3n) is 4.74. The average Bonchev–Trinajstić information content (AvgIpc) is 3.01. The number of hydrogen-bond acceptors (Lipinski definition) is 4. The maximum absolute atomic E-state index is 13.8. The number of carbonyl (C=O) groups is 1. The number of nitrogens with one attached hydrogen (secondary N) is 1. The number of likely N-dealkylation sites (N-methyl/N-ethyl adjacent to an activating group) is 1. The van der Waals surface area contributed by atoms with Gasteiger partial charge in [0.25, 0.3) is 0 Å². The Kier molecular flexibility index (Phi) is 6.07. The molecule has 0 unspecified atom stereocenters. The summed E-state index contributed by atoms with van der Waals surface area (Å²) in [5.41, 5.74) is 0.569. The number of hydrazine groups is 1. The van der Waals surface area contributed by atoms with Crippen molar-refractivity contribution >= 4 is 23.1 Å². The fraction of sp³-hybridized carbons (Fsp3) is 0.250. The topological polar surface area (TPSA) is 48.1 Å². The number of halogens is 5.